The number of esters is 2. The predicted molar refractivity (Wildman–Crippen MR) is 240 cm³/mol. The van der Waals surface area contributed by atoms with Gasteiger partial charge in [-0.25, -0.2) is 0 Å². The third-order valence-electron chi connectivity index (χ3n) is 11.8. The van der Waals surface area contributed by atoms with Gasteiger partial charge < -0.3 is 40.5 Å². The van der Waals surface area contributed by atoms with Gasteiger partial charge in [-0.15, -0.1) is 0 Å². The highest BCUT2D eigenvalue weighted by Crippen LogP contribution is 2.16. The fourth-order valence-corrected chi connectivity index (χ4v) is 7.45. The molecule has 0 aromatic rings. The van der Waals surface area contributed by atoms with Gasteiger partial charge in [-0.05, 0) is 25.9 Å². The Hall–Kier alpha value is -1.30. The SMILES string of the molecule is CCCCCCCCCCCCCCCCCCNC(CO)(CO)COC(=O)CCC(=O)OCC(CO)(CO)NCCCCCCCCCCCCCCCCCC. The van der Waals surface area contributed by atoms with Crippen LogP contribution in [0.15, 0.2) is 0 Å². The van der Waals surface area contributed by atoms with Crippen LogP contribution in [0.1, 0.15) is 232 Å². The summed E-state index contributed by atoms with van der Waals surface area (Å²) in [7, 11) is 0. The molecule has 6 N–H and O–H groups in total. The van der Waals surface area contributed by atoms with Gasteiger partial charge in [0.2, 0.25) is 0 Å². The summed E-state index contributed by atoms with van der Waals surface area (Å²) in [6, 6.07) is 0. The van der Waals surface area contributed by atoms with Crippen molar-refractivity contribution in [3.8, 4) is 0 Å². The number of ether oxygens (including phenoxy) is 2. The first-order valence-electron chi connectivity index (χ1n) is 24.6. The lowest BCUT2D eigenvalue weighted by Crippen LogP contribution is -2.56. The van der Waals surface area contributed by atoms with Crippen LogP contribution in [-0.2, 0) is 19.1 Å². The van der Waals surface area contributed by atoms with E-state index in [2.05, 4.69) is 24.5 Å². The molecule has 58 heavy (non-hydrogen) atoms. The molecule has 0 heterocycles. The summed E-state index contributed by atoms with van der Waals surface area (Å²) in [4.78, 5) is 24.9. The van der Waals surface area contributed by atoms with Crippen molar-refractivity contribution >= 4 is 11.9 Å². The summed E-state index contributed by atoms with van der Waals surface area (Å²) < 4.78 is 10.7. The van der Waals surface area contributed by atoms with Gasteiger partial charge in [0.05, 0.1) is 50.3 Å². The number of unbranched alkanes of at least 4 members (excludes halogenated alkanes) is 30. The molecule has 0 aliphatic carbocycles. The van der Waals surface area contributed by atoms with Gasteiger partial charge in [0.25, 0.3) is 0 Å². The Kier molecular flexibility index (Phi) is 41.4. The monoisotopic (exact) mass is 829 g/mol. The van der Waals surface area contributed by atoms with E-state index < -0.39 is 49.4 Å². The highest BCUT2D eigenvalue weighted by molar-refractivity contribution is 5.77. The molecule has 0 aromatic heterocycles. The highest BCUT2D eigenvalue weighted by Gasteiger charge is 2.31. The van der Waals surface area contributed by atoms with Gasteiger partial charge in [-0.2, -0.15) is 0 Å². The Morgan fingerprint density at radius 2 is 0.569 bits per heavy atom. The van der Waals surface area contributed by atoms with Crippen LogP contribution < -0.4 is 10.6 Å². The quantitative estimate of drug-likeness (QED) is 0.0258. The first-order chi connectivity index (χ1) is 28.4. The number of hydrogen-bond acceptors (Lipinski definition) is 10. The van der Waals surface area contributed by atoms with Crippen molar-refractivity contribution in [1.82, 2.24) is 10.6 Å². The summed E-state index contributed by atoms with van der Waals surface area (Å²) in [5, 5.41) is 46.3. The smallest absolute Gasteiger partial charge is 0.306 e. The Bertz CT molecular complexity index is 814. The Morgan fingerprint density at radius 3 is 0.776 bits per heavy atom. The van der Waals surface area contributed by atoms with E-state index in [1.807, 2.05) is 0 Å². The van der Waals surface area contributed by atoms with Crippen LogP contribution in [0.4, 0.5) is 0 Å². The molecule has 0 radical (unpaired) electrons. The molecule has 0 saturated heterocycles. The lowest BCUT2D eigenvalue weighted by molar-refractivity contribution is -0.154. The van der Waals surface area contributed by atoms with Crippen LogP contribution in [0.25, 0.3) is 0 Å². The Balaban J connectivity index is 4.01. The molecule has 0 aromatic carbocycles. The molecular weight excluding hydrogens is 733 g/mol. The second kappa shape index (κ2) is 42.4. The van der Waals surface area contributed by atoms with E-state index in [4.69, 9.17) is 9.47 Å². The first kappa shape index (κ1) is 56.7. The summed E-state index contributed by atoms with van der Waals surface area (Å²) in [6.07, 6.45) is 40.8. The van der Waals surface area contributed by atoms with Crippen molar-refractivity contribution in [3.63, 3.8) is 0 Å². The van der Waals surface area contributed by atoms with E-state index >= 15 is 0 Å². The molecule has 0 aliphatic heterocycles. The summed E-state index contributed by atoms with van der Waals surface area (Å²) in [6.45, 7) is 3.71. The first-order valence-corrected chi connectivity index (χ1v) is 24.6. The van der Waals surface area contributed by atoms with Crippen LogP contribution in [0.2, 0.25) is 0 Å². The number of carbonyl (C=O) groups excluding carboxylic acids is 2. The zero-order valence-electron chi connectivity index (χ0n) is 38.1. The van der Waals surface area contributed by atoms with Crippen molar-refractivity contribution in [2.75, 3.05) is 52.7 Å². The minimum Gasteiger partial charge on any atom is -0.464 e. The molecule has 0 fully saturated rings. The van der Waals surface area contributed by atoms with E-state index in [-0.39, 0.29) is 26.1 Å². The molecule has 10 nitrogen and oxygen atoms in total. The second-order valence-electron chi connectivity index (χ2n) is 17.5. The highest BCUT2D eigenvalue weighted by atomic mass is 16.5. The van der Waals surface area contributed by atoms with Crippen LogP contribution in [0.5, 0.6) is 0 Å². The Morgan fingerprint density at radius 1 is 0.362 bits per heavy atom. The van der Waals surface area contributed by atoms with Crippen molar-refractivity contribution in [1.29, 1.82) is 0 Å². The third-order valence-corrected chi connectivity index (χ3v) is 11.8. The van der Waals surface area contributed by atoms with Gasteiger partial charge in [-0.3, -0.25) is 9.59 Å². The van der Waals surface area contributed by atoms with E-state index in [9.17, 15) is 30.0 Å². The molecular formula is C48H96N2O8. The lowest BCUT2D eigenvalue weighted by Gasteiger charge is -2.31. The average Bonchev–Trinajstić information content (AvgIpc) is 3.24. The van der Waals surface area contributed by atoms with Gasteiger partial charge in [0.1, 0.15) is 13.2 Å². The summed E-state index contributed by atoms with van der Waals surface area (Å²) in [5.74, 6) is -1.27. The molecule has 0 saturated carbocycles. The van der Waals surface area contributed by atoms with Crippen molar-refractivity contribution in [2.45, 2.75) is 243 Å². The maximum atomic E-state index is 12.4. The number of aliphatic hydroxyl groups excluding tert-OH is 4. The standard InChI is InChI=1S/C48H96N2O8/c1-3-5-7-9-11-13-15-17-19-21-23-25-27-29-31-33-37-49-47(39-51,40-52)43-57-45(55)35-36-46(56)58-44-48(41-53,42-54)50-38-34-32-30-28-26-24-22-20-18-16-14-12-10-8-6-4-2/h49-54H,3-44H2,1-2H3. The topological polar surface area (TPSA) is 158 Å². The van der Waals surface area contributed by atoms with E-state index in [1.54, 1.807) is 0 Å². The second-order valence-corrected chi connectivity index (χ2v) is 17.5. The third kappa shape index (κ3) is 34.4. The van der Waals surface area contributed by atoms with Gasteiger partial charge in [0.15, 0.2) is 0 Å². The summed E-state index contributed by atoms with van der Waals surface area (Å²) >= 11 is 0. The van der Waals surface area contributed by atoms with Crippen molar-refractivity contribution in [2.24, 2.45) is 0 Å². The fraction of sp³-hybridized carbons (Fsp3) is 0.958. The van der Waals surface area contributed by atoms with Crippen molar-refractivity contribution in [3.05, 3.63) is 0 Å². The number of nitrogens with one attached hydrogen (secondary N) is 2. The Labute approximate surface area is 357 Å². The number of rotatable bonds is 47. The molecule has 0 atom stereocenters. The van der Waals surface area contributed by atoms with Gasteiger partial charge in [-0.1, -0.05) is 206 Å². The van der Waals surface area contributed by atoms with Crippen molar-refractivity contribution < 1.29 is 39.5 Å². The largest absolute Gasteiger partial charge is 0.464 e. The maximum Gasteiger partial charge on any atom is 0.306 e. The van der Waals surface area contributed by atoms with E-state index in [1.165, 1.54) is 167 Å². The molecule has 346 valence electrons. The molecule has 0 spiro atoms. The zero-order chi connectivity index (χ0) is 42.7. The molecule has 0 bridgehead atoms. The molecule has 0 aliphatic rings. The molecule has 10 heteroatoms. The van der Waals surface area contributed by atoms with E-state index in [0.29, 0.717) is 13.1 Å². The molecule has 0 rings (SSSR count). The number of hydrogen-bond donors (Lipinski definition) is 6. The average molecular weight is 829 g/mol. The minimum absolute atomic E-state index is 0.214. The lowest BCUT2D eigenvalue weighted by atomic mass is 10.0. The van der Waals surface area contributed by atoms with Gasteiger partial charge in [0, 0.05) is 0 Å². The maximum absolute atomic E-state index is 12.4. The molecule has 0 amide bonds. The normalized spacial score (nSPS) is 12.0. The predicted octanol–water partition coefficient (Wildman–Crippen LogP) is 10.0. The van der Waals surface area contributed by atoms with Crippen LogP contribution in [0, 0.1) is 0 Å². The van der Waals surface area contributed by atoms with Gasteiger partial charge >= 0.3 is 11.9 Å². The van der Waals surface area contributed by atoms with Crippen LogP contribution in [-0.4, -0.2) is 96.2 Å². The molecule has 0 unspecified atom stereocenters. The van der Waals surface area contributed by atoms with Crippen LogP contribution in [0.3, 0.4) is 0 Å². The number of aliphatic hydroxyl groups is 4. The zero-order valence-corrected chi connectivity index (χ0v) is 38.1. The van der Waals surface area contributed by atoms with Crippen LogP contribution >= 0.6 is 0 Å². The minimum atomic E-state index is -1.15. The fourth-order valence-electron chi connectivity index (χ4n) is 7.45. The summed E-state index contributed by atoms with van der Waals surface area (Å²) in [5.41, 5.74) is -2.29. The number of carbonyl (C=O) groups is 2. The van der Waals surface area contributed by atoms with E-state index in [0.717, 1.165) is 38.5 Å².